The van der Waals surface area contributed by atoms with Gasteiger partial charge in [0.05, 0.1) is 23.2 Å². The first-order valence-corrected chi connectivity index (χ1v) is 6.67. The van der Waals surface area contributed by atoms with Crippen LogP contribution in [0.1, 0.15) is 17.0 Å². The number of benzene rings is 1. The van der Waals surface area contributed by atoms with Crippen molar-refractivity contribution >= 4 is 22.8 Å². The molecule has 0 aliphatic rings. The third kappa shape index (κ3) is 1.93. The fraction of sp³-hybridized carbons (Fsp3) is 0.133. The molecule has 0 bridgehead atoms. The highest BCUT2D eigenvalue weighted by molar-refractivity contribution is 6.16. The number of rotatable bonds is 2. The van der Waals surface area contributed by atoms with Crippen LogP contribution in [-0.2, 0) is 5.88 Å². The summed E-state index contributed by atoms with van der Waals surface area (Å²) in [5, 5.41) is 9.07. The van der Waals surface area contributed by atoms with Gasteiger partial charge in [-0.25, -0.2) is 9.97 Å². The first-order valence-electron chi connectivity index (χ1n) is 6.14. The highest BCUT2D eigenvalue weighted by atomic mass is 35.5. The van der Waals surface area contributed by atoms with Gasteiger partial charge in [0, 0.05) is 6.20 Å². The number of hydrogen-bond donors (Lipinski definition) is 0. The van der Waals surface area contributed by atoms with E-state index in [1.807, 2.05) is 35.8 Å². The lowest BCUT2D eigenvalue weighted by Crippen LogP contribution is -2.03. The van der Waals surface area contributed by atoms with Crippen molar-refractivity contribution in [1.82, 2.24) is 14.5 Å². The van der Waals surface area contributed by atoms with Crippen molar-refractivity contribution in [1.29, 1.82) is 5.26 Å². The summed E-state index contributed by atoms with van der Waals surface area (Å²) >= 11 is 6.00. The van der Waals surface area contributed by atoms with Gasteiger partial charge in [0.25, 0.3) is 0 Å². The second-order valence-corrected chi connectivity index (χ2v) is 4.72. The normalized spacial score (nSPS) is 10.7. The van der Waals surface area contributed by atoms with Gasteiger partial charge in [0.15, 0.2) is 5.65 Å². The summed E-state index contributed by atoms with van der Waals surface area (Å²) in [5.41, 5.74) is 4.08. The SMILES string of the molecule is Cc1ccc(C#N)cc1-n1c(CCl)nc2cccnc21. The maximum atomic E-state index is 9.07. The predicted octanol–water partition coefficient (Wildman–Crippen LogP) is 3.34. The van der Waals surface area contributed by atoms with E-state index in [0.29, 0.717) is 5.56 Å². The molecular formula is C15H11ClN4. The van der Waals surface area contributed by atoms with E-state index in [1.54, 1.807) is 12.3 Å². The summed E-state index contributed by atoms with van der Waals surface area (Å²) in [4.78, 5) is 8.87. The van der Waals surface area contributed by atoms with Crippen molar-refractivity contribution in [3.63, 3.8) is 0 Å². The summed E-state index contributed by atoms with van der Waals surface area (Å²) in [6.45, 7) is 1.99. The van der Waals surface area contributed by atoms with Gasteiger partial charge >= 0.3 is 0 Å². The summed E-state index contributed by atoms with van der Waals surface area (Å²) in [6.07, 6.45) is 1.72. The first kappa shape index (κ1) is 12.6. The van der Waals surface area contributed by atoms with Gasteiger partial charge in [-0.1, -0.05) is 6.07 Å². The van der Waals surface area contributed by atoms with Crippen molar-refractivity contribution in [2.75, 3.05) is 0 Å². The zero-order chi connectivity index (χ0) is 14.1. The zero-order valence-electron chi connectivity index (χ0n) is 10.8. The molecule has 0 aliphatic carbocycles. The molecule has 5 heteroatoms. The molecule has 0 atom stereocenters. The Balaban J connectivity index is 2.37. The molecule has 0 spiro atoms. The summed E-state index contributed by atoms with van der Waals surface area (Å²) in [6, 6.07) is 11.4. The first-order chi connectivity index (χ1) is 9.74. The molecule has 4 nitrogen and oxygen atoms in total. The molecule has 0 N–H and O–H groups in total. The van der Waals surface area contributed by atoms with E-state index in [1.165, 1.54) is 0 Å². The zero-order valence-corrected chi connectivity index (χ0v) is 11.6. The number of fused-ring (bicyclic) bond motifs is 1. The molecule has 0 radical (unpaired) electrons. The van der Waals surface area contributed by atoms with Crippen molar-refractivity contribution < 1.29 is 0 Å². The summed E-state index contributed by atoms with van der Waals surface area (Å²) in [7, 11) is 0. The van der Waals surface area contributed by atoms with E-state index in [0.717, 1.165) is 28.2 Å². The standard InChI is InChI=1S/C15H11ClN4/c1-10-4-5-11(9-17)7-13(10)20-14(8-16)19-12-3-2-6-18-15(12)20/h2-7H,8H2,1H3. The molecule has 98 valence electrons. The molecule has 0 fully saturated rings. The lowest BCUT2D eigenvalue weighted by atomic mass is 10.1. The Bertz CT molecular complexity index is 829. The van der Waals surface area contributed by atoms with Gasteiger partial charge in [0.2, 0.25) is 0 Å². The van der Waals surface area contributed by atoms with Crippen LogP contribution in [0.2, 0.25) is 0 Å². The van der Waals surface area contributed by atoms with Crippen LogP contribution in [0.3, 0.4) is 0 Å². The second kappa shape index (κ2) is 4.95. The largest absolute Gasteiger partial charge is 0.279 e. The van der Waals surface area contributed by atoms with Gasteiger partial charge in [-0.2, -0.15) is 5.26 Å². The molecule has 0 saturated heterocycles. The number of pyridine rings is 1. The van der Waals surface area contributed by atoms with E-state index in [9.17, 15) is 0 Å². The van der Waals surface area contributed by atoms with E-state index in [4.69, 9.17) is 16.9 Å². The summed E-state index contributed by atoms with van der Waals surface area (Å²) < 4.78 is 1.92. The van der Waals surface area contributed by atoms with Crippen LogP contribution in [0.5, 0.6) is 0 Å². The van der Waals surface area contributed by atoms with Crippen molar-refractivity contribution in [2.24, 2.45) is 0 Å². The number of nitriles is 1. The average molecular weight is 283 g/mol. The van der Waals surface area contributed by atoms with Crippen LogP contribution in [0.25, 0.3) is 16.9 Å². The highest BCUT2D eigenvalue weighted by Gasteiger charge is 2.14. The van der Waals surface area contributed by atoms with E-state index < -0.39 is 0 Å². The molecule has 2 aromatic heterocycles. The number of halogens is 1. The Morgan fingerprint density at radius 1 is 1.35 bits per heavy atom. The molecule has 3 rings (SSSR count). The summed E-state index contributed by atoms with van der Waals surface area (Å²) in [5.74, 6) is 1.01. The third-order valence-electron chi connectivity index (χ3n) is 3.18. The Labute approximate surface area is 121 Å². The average Bonchev–Trinajstić information content (AvgIpc) is 2.86. The lowest BCUT2D eigenvalue weighted by Gasteiger charge is -2.10. The van der Waals surface area contributed by atoms with Crippen molar-refractivity contribution in [3.05, 3.63) is 53.5 Å². The van der Waals surface area contributed by atoms with Gasteiger partial charge in [-0.05, 0) is 36.8 Å². The maximum Gasteiger partial charge on any atom is 0.164 e. The van der Waals surface area contributed by atoms with Crippen LogP contribution >= 0.6 is 11.6 Å². The van der Waals surface area contributed by atoms with Gasteiger partial charge in [-0.3, -0.25) is 4.57 Å². The lowest BCUT2D eigenvalue weighted by molar-refractivity contribution is 0.960. The number of aryl methyl sites for hydroxylation is 1. The minimum atomic E-state index is 0.284. The topological polar surface area (TPSA) is 54.5 Å². The minimum absolute atomic E-state index is 0.284. The maximum absolute atomic E-state index is 9.07. The molecular weight excluding hydrogens is 272 g/mol. The van der Waals surface area contributed by atoms with Crippen LogP contribution < -0.4 is 0 Å². The Kier molecular flexibility index (Phi) is 3.13. The van der Waals surface area contributed by atoms with Crippen molar-refractivity contribution in [2.45, 2.75) is 12.8 Å². The molecule has 2 heterocycles. The highest BCUT2D eigenvalue weighted by Crippen LogP contribution is 2.24. The van der Waals surface area contributed by atoms with Crippen LogP contribution in [0, 0.1) is 18.3 Å². The fourth-order valence-electron chi connectivity index (χ4n) is 2.22. The molecule has 0 amide bonds. The van der Waals surface area contributed by atoms with Crippen LogP contribution in [0.15, 0.2) is 36.5 Å². The second-order valence-electron chi connectivity index (χ2n) is 4.46. The monoisotopic (exact) mass is 282 g/mol. The van der Waals surface area contributed by atoms with Gasteiger partial charge in [-0.15, -0.1) is 11.6 Å². The predicted molar refractivity (Wildman–Crippen MR) is 77.9 cm³/mol. The molecule has 20 heavy (non-hydrogen) atoms. The number of hydrogen-bond acceptors (Lipinski definition) is 3. The Morgan fingerprint density at radius 2 is 2.20 bits per heavy atom. The molecule has 0 saturated carbocycles. The molecule has 0 unspecified atom stereocenters. The molecule has 1 aromatic carbocycles. The van der Waals surface area contributed by atoms with Crippen LogP contribution in [-0.4, -0.2) is 14.5 Å². The van der Waals surface area contributed by atoms with E-state index in [-0.39, 0.29) is 5.88 Å². The molecule has 0 aliphatic heterocycles. The third-order valence-corrected chi connectivity index (χ3v) is 3.42. The van der Waals surface area contributed by atoms with Gasteiger partial charge < -0.3 is 0 Å². The Hall–Kier alpha value is -2.38. The van der Waals surface area contributed by atoms with Crippen LogP contribution in [0.4, 0.5) is 0 Å². The molecule has 3 aromatic rings. The fourth-order valence-corrected chi connectivity index (χ4v) is 2.40. The number of nitrogens with zero attached hydrogens (tertiary/aromatic N) is 4. The Morgan fingerprint density at radius 3 is 2.95 bits per heavy atom. The minimum Gasteiger partial charge on any atom is -0.279 e. The quantitative estimate of drug-likeness (QED) is 0.677. The number of imidazole rings is 1. The number of aromatic nitrogens is 3. The van der Waals surface area contributed by atoms with E-state index >= 15 is 0 Å². The number of alkyl halides is 1. The van der Waals surface area contributed by atoms with E-state index in [2.05, 4.69) is 16.0 Å². The van der Waals surface area contributed by atoms with Crippen molar-refractivity contribution in [3.8, 4) is 11.8 Å². The smallest absolute Gasteiger partial charge is 0.164 e. The van der Waals surface area contributed by atoms with Gasteiger partial charge in [0.1, 0.15) is 11.3 Å².